The van der Waals surface area contributed by atoms with E-state index in [0.29, 0.717) is 19.0 Å². The summed E-state index contributed by atoms with van der Waals surface area (Å²) >= 11 is 0. The molecule has 0 amide bonds. The summed E-state index contributed by atoms with van der Waals surface area (Å²) in [5.41, 5.74) is -0.0360. The van der Waals surface area contributed by atoms with E-state index in [1.54, 1.807) is 6.20 Å². The third-order valence-corrected chi connectivity index (χ3v) is 3.50. The zero-order valence-corrected chi connectivity index (χ0v) is 10.4. The molecule has 0 aromatic carbocycles. The molecule has 7 heteroatoms. The van der Waals surface area contributed by atoms with E-state index in [1.807, 2.05) is 4.90 Å². The highest BCUT2D eigenvalue weighted by atomic mass is 16.7. The fraction of sp³-hybridized carbons (Fsp3) is 0.583. The van der Waals surface area contributed by atoms with Crippen molar-refractivity contribution in [3.05, 3.63) is 18.1 Å². The summed E-state index contributed by atoms with van der Waals surface area (Å²) in [4.78, 5) is 20.9. The van der Waals surface area contributed by atoms with Crippen molar-refractivity contribution in [1.82, 2.24) is 9.97 Å². The number of anilines is 1. The van der Waals surface area contributed by atoms with Crippen LogP contribution >= 0.6 is 0 Å². The van der Waals surface area contributed by atoms with E-state index in [9.17, 15) is 4.79 Å². The second kappa shape index (κ2) is 4.75. The molecule has 3 rings (SSSR count). The van der Waals surface area contributed by atoms with Gasteiger partial charge in [-0.05, 0) is 0 Å². The highest BCUT2D eigenvalue weighted by Crippen LogP contribution is 2.32. The number of nitrogens with zero attached hydrogens (tertiary/aromatic N) is 3. The number of carbonyl (C=O) groups is 1. The summed E-state index contributed by atoms with van der Waals surface area (Å²) in [6.45, 7) is 2.73. The van der Waals surface area contributed by atoms with Crippen molar-refractivity contribution in [3.8, 4) is 0 Å². The summed E-state index contributed by atoms with van der Waals surface area (Å²) in [5, 5.41) is 8.91. The molecule has 0 aliphatic carbocycles. The van der Waals surface area contributed by atoms with Gasteiger partial charge in [0.25, 0.3) is 0 Å². The van der Waals surface area contributed by atoms with Crippen molar-refractivity contribution in [2.45, 2.75) is 18.6 Å². The summed E-state index contributed by atoms with van der Waals surface area (Å²) in [6.07, 6.45) is 4.35. The van der Waals surface area contributed by atoms with E-state index in [4.69, 9.17) is 14.6 Å². The Morgan fingerprint density at radius 1 is 1.26 bits per heavy atom. The largest absolute Gasteiger partial charge is 0.476 e. The second-order valence-electron chi connectivity index (χ2n) is 4.66. The van der Waals surface area contributed by atoms with Crippen molar-refractivity contribution >= 4 is 11.8 Å². The van der Waals surface area contributed by atoms with Crippen LogP contribution in [0, 0.1) is 0 Å². The molecule has 0 atom stereocenters. The molecule has 0 unspecified atom stereocenters. The Morgan fingerprint density at radius 2 is 1.95 bits per heavy atom. The zero-order chi connectivity index (χ0) is 13.3. The Labute approximate surface area is 110 Å². The van der Waals surface area contributed by atoms with Crippen LogP contribution in [0.1, 0.15) is 23.3 Å². The number of hydrogen-bond acceptors (Lipinski definition) is 6. The average Bonchev–Trinajstić information content (AvgIpc) is 2.88. The highest BCUT2D eigenvalue weighted by Gasteiger charge is 2.40. The Hall–Kier alpha value is -1.73. The number of carboxylic acids is 1. The molecule has 7 nitrogen and oxygen atoms in total. The molecule has 102 valence electrons. The van der Waals surface area contributed by atoms with Gasteiger partial charge in [-0.1, -0.05) is 0 Å². The lowest BCUT2D eigenvalue weighted by Gasteiger charge is -2.37. The number of carboxylic acid groups (broad SMARTS) is 1. The SMILES string of the molecule is O=C(O)c1cncc(N2CCC3(CC2)OCCO3)n1. The lowest BCUT2D eigenvalue weighted by molar-refractivity contribution is -0.169. The van der Waals surface area contributed by atoms with Crippen molar-refractivity contribution in [2.75, 3.05) is 31.2 Å². The van der Waals surface area contributed by atoms with Crippen LogP contribution < -0.4 is 4.90 Å². The third kappa shape index (κ3) is 2.39. The fourth-order valence-corrected chi connectivity index (χ4v) is 2.47. The predicted octanol–water partition coefficient (Wildman–Crippen LogP) is 0.518. The standard InChI is InChI=1S/C12H15N3O4/c16-11(17)9-7-13-8-10(14-9)15-3-1-12(2-4-15)18-5-6-19-12/h7-8H,1-6H2,(H,16,17). The van der Waals surface area contributed by atoms with Crippen LogP contribution in [0.15, 0.2) is 12.4 Å². The molecular weight excluding hydrogens is 250 g/mol. The van der Waals surface area contributed by atoms with Crippen LogP contribution in [0.25, 0.3) is 0 Å². The molecule has 2 aliphatic rings. The van der Waals surface area contributed by atoms with Gasteiger partial charge in [-0.15, -0.1) is 0 Å². The first kappa shape index (κ1) is 12.3. The fourth-order valence-electron chi connectivity index (χ4n) is 2.47. The van der Waals surface area contributed by atoms with Gasteiger partial charge in [0.05, 0.1) is 25.6 Å². The van der Waals surface area contributed by atoms with E-state index in [1.165, 1.54) is 6.20 Å². The van der Waals surface area contributed by atoms with Crippen LogP contribution in [0.2, 0.25) is 0 Å². The Bertz CT molecular complexity index is 478. The molecule has 2 saturated heterocycles. The van der Waals surface area contributed by atoms with E-state index in [2.05, 4.69) is 9.97 Å². The van der Waals surface area contributed by atoms with Gasteiger partial charge < -0.3 is 19.5 Å². The van der Waals surface area contributed by atoms with Crippen molar-refractivity contribution in [1.29, 1.82) is 0 Å². The minimum Gasteiger partial charge on any atom is -0.476 e. The number of piperidine rings is 1. The molecule has 1 aromatic heterocycles. The van der Waals surface area contributed by atoms with Crippen LogP contribution in [-0.4, -0.2) is 53.1 Å². The summed E-state index contributed by atoms with van der Waals surface area (Å²) in [5.74, 6) is -0.910. The molecule has 0 saturated carbocycles. The molecule has 0 bridgehead atoms. The molecular formula is C12H15N3O4. The number of rotatable bonds is 2. The maximum atomic E-state index is 10.9. The van der Waals surface area contributed by atoms with Gasteiger partial charge in [0.15, 0.2) is 11.5 Å². The van der Waals surface area contributed by atoms with Crippen LogP contribution in [-0.2, 0) is 9.47 Å². The molecule has 1 aromatic rings. The number of hydrogen-bond donors (Lipinski definition) is 1. The minimum atomic E-state index is -1.06. The minimum absolute atomic E-state index is 0.0360. The van der Waals surface area contributed by atoms with Gasteiger partial charge in [-0.25, -0.2) is 9.78 Å². The van der Waals surface area contributed by atoms with E-state index in [0.717, 1.165) is 25.9 Å². The Morgan fingerprint density at radius 3 is 2.58 bits per heavy atom. The van der Waals surface area contributed by atoms with Gasteiger partial charge in [-0.2, -0.15) is 0 Å². The Balaban J connectivity index is 1.71. The molecule has 2 aliphatic heterocycles. The third-order valence-electron chi connectivity index (χ3n) is 3.50. The lowest BCUT2D eigenvalue weighted by Crippen LogP contribution is -2.45. The van der Waals surface area contributed by atoms with Gasteiger partial charge in [-0.3, -0.25) is 4.98 Å². The molecule has 1 N–H and O–H groups in total. The lowest BCUT2D eigenvalue weighted by atomic mass is 10.0. The van der Waals surface area contributed by atoms with Crippen LogP contribution in [0.4, 0.5) is 5.82 Å². The first-order valence-corrected chi connectivity index (χ1v) is 6.27. The first-order chi connectivity index (χ1) is 9.19. The molecule has 3 heterocycles. The molecule has 19 heavy (non-hydrogen) atoms. The van der Waals surface area contributed by atoms with E-state index < -0.39 is 11.8 Å². The molecule has 1 spiro atoms. The monoisotopic (exact) mass is 265 g/mol. The van der Waals surface area contributed by atoms with E-state index >= 15 is 0 Å². The maximum Gasteiger partial charge on any atom is 0.356 e. The molecule has 0 radical (unpaired) electrons. The number of ether oxygens (including phenoxy) is 2. The number of aromatic nitrogens is 2. The Kier molecular flexibility index (Phi) is 3.08. The smallest absolute Gasteiger partial charge is 0.356 e. The normalized spacial score (nSPS) is 21.8. The van der Waals surface area contributed by atoms with Crippen molar-refractivity contribution in [2.24, 2.45) is 0 Å². The van der Waals surface area contributed by atoms with Crippen molar-refractivity contribution in [3.63, 3.8) is 0 Å². The highest BCUT2D eigenvalue weighted by molar-refractivity contribution is 5.85. The summed E-state index contributed by atoms with van der Waals surface area (Å²) in [6, 6.07) is 0. The topological polar surface area (TPSA) is 84.8 Å². The quantitative estimate of drug-likeness (QED) is 0.834. The summed E-state index contributed by atoms with van der Waals surface area (Å²) in [7, 11) is 0. The average molecular weight is 265 g/mol. The first-order valence-electron chi connectivity index (χ1n) is 6.27. The van der Waals surface area contributed by atoms with Gasteiger partial charge in [0.2, 0.25) is 0 Å². The van der Waals surface area contributed by atoms with Crippen LogP contribution in [0.5, 0.6) is 0 Å². The summed E-state index contributed by atoms with van der Waals surface area (Å²) < 4.78 is 11.3. The van der Waals surface area contributed by atoms with Gasteiger partial charge in [0.1, 0.15) is 5.82 Å². The van der Waals surface area contributed by atoms with Gasteiger partial charge >= 0.3 is 5.97 Å². The van der Waals surface area contributed by atoms with Crippen LogP contribution in [0.3, 0.4) is 0 Å². The maximum absolute atomic E-state index is 10.9. The molecule has 2 fully saturated rings. The van der Waals surface area contributed by atoms with Crippen molar-refractivity contribution < 1.29 is 19.4 Å². The predicted molar refractivity (Wildman–Crippen MR) is 65.1 cm³/mol. The zero-order valence-electron chi connectivity index (χ0n) is 10.4. The second-order valence-corrected chi connectivity index (χ2v) is 4.66. The van der Waals surface area contributed by atoms with Gasteiger partial charge in [0, 0.05) is 25.9 Å². The number of aromatic carboxylic acids is 1. The van der Waals surface area contributed by atoms with E-state index in [-0.39, 0.29) is 5.69 Å².